The van der Waals surface area contributed by atoms with E-state index >= 15 is 0 Å². The first-order valence-electron chi connectivity index (χ1n) is 8.13. The van der Waals surface area contributed by atoms with Gasteiger partial charge in [0.05, 0.1) is 12.8 Å². The lowest BCUT2D eigenvalue weighted by Gasteiger charge is -2.19. The Balaban J connectivity index is 2.16. The Morgan fingerprint density at radius 1 is 1.26 bits per heavy atom. The van der Waals surface area contributed by atoms with Gasteiger partial charge in [-0.05, 0) is 42.0 Å². The minimum atomic E-state index is -0.715. The molecule has 0 aliphatic rings. The van der Waals surface area contributed by atoms with Gasteiger partial charge in [-0.15, -0.1) is 0 Å². The van der Waals surface area contributed by atoms with Gasteiger partial charge in [-0.2, -0.15) is 5.26 Å². The fourth-order valence-corrected chi connectivity index (χ4v) is 2.38. The van der Waals surface area contributed by atoms with Gasteiger partial charge in [0.25, 0.3) is 5.91 Å². The van der Waals surface area contributed by atoms with E-state index < -0.39 is 11.8 Å². The minimum Gasteiger partial charge on any atom is -0.497 e. The molecule has 0 saturated heterocycles. The highest BCUT2D eigenvalue weighted by Crippen LogP contribution is 2.19. The van der Waals surface area contributed by atoms with Crippen LogP contribution in [0.5, 0.6) is 5.75 Å². The number of benzene rings is 2. The van der Waals surface area contributed by atoms with Crippen LogP contribution in [0.3, 0.4) is 0 Å². The van der Waals surface area contributed by atoms with E-state index in [1.165, 1.54) is 13.1 Å². The van der Waals surface area contributed by atoms with Gasteiger partial charge in [0.1, 0.15) is 17.4 Å². The number of nitrogens with one attached hydrogen (secondary N) is 1. The molecule has 0 fully saturated rings. The summed E-state index contributed by atoms with van der Waals surface area (Å²) < 4.78 is 5.15. The van der Waals surface area contributed by atoms with E-state index in [9.17, 15) is 14.9 Å². The van der Waals surface area contributed by atoms with Gasteiger partial charge >= 0.3 is 0 Å². The molecule has 2 aromatic carbocycles. The van der Waals surface area contributed by atoms with Crippen LogP contribution in [0.4, 0.5) is 11.4 Å². The first kappa shape index (κ1) is 19.5. The number of methoxy groups -OCH3 is 1. The van der Waals surface area contributed by atoms with E-state index in [1.807, 2.05) is 30.3 Å². The van der Waals surface area contributed by atoms with Crippen molar-refractivity contribution in [2.45, 2.75) is 13.5 Å². The molecule has 0 spiro atoms. The fraction of sp³-hybridized carbons (Fsp3) is 0.150. The first-order valence-corrected chi connectivity index (χ1v) is 8.13. The summed E-state index contributed by atoms with van der Waals surface area (Å²) in [5.41, 5.74) is 7.21. The summed E-state index contributed by atoms with van der Waals surface area (Å²) in [6.45, 7) is 1.64. The molecule has 0 atom stereocenters. The largest absolute Gasteiger partial charge is 0.497 e. The number of carbonyl (C=O) groups excluding carboxylic acids is 2. The second-order valence-electron chi connectivity index (χ2n) is 5.65. The monoisotopic (exact) mass is 364 g/mol. The van der Waals surface area contributed by atoms with Crippen molar-refractivity contribution in [1.29, 1.82) is 5.26 Å². The average Bonchev–Trinajstić information content (AvgIpc) is 2.66. The molecule has 7 heteroatoms. The summed E-state index contributed by atoms with van der Waals surface area (Å²) in [5.74, 6) is -0.507. The van der Waals surface area contributed by atoms with Crippen molar-refractivity contribution in [2.24, 2.45) is 0 Å². The van der Waals surface area contributed by atoms with Crippen LogP contribution >= 0.6 is 0 Å². The van der Waals surface area contributed by atoms with Crippen LogP contribution < -0.4 is 20.7 Å². The number of nitriles is 1. The van der Waals surface area contributed by atoms with Crippen molar-refractivity contribution in [3.05, 3.63) is 65.9 Å². The third-order valence-electron chi connectivity index (χ3n) is 3.71. The summed E-state index contributed by atoms with van der Waals surface area (Å²) in [6.07, 6.45) is 1.30. The zero-order valence-electron chi connectivity index (χ0n) is 15.1. The zero-order chi connectivity index (χ0) is 19.8. The van der Waals surface area contributed by atoms with Gasteiger partial charge in [0.15, 0.2) is 0 Å². The molecule has 0 unspecified atom stereocenters. The zero-order valence-corrected chi connectivity index (χ0v) is 15.1. The smallest absolute Gasteiger partial charge is 0.277 e. The molecule has 0 aromatic heterocycles. The Hall–Kier alpha value is -3.79. The standard InChI is InChI=1S/C20H20N4O3/c1-14(25)24(18-8-6-17(22)7-9-18)20(26)16(11-21)13-23-12-15-4-3-5-19(10-15)27-2/h3-10,13,23H,12,22H2,1-2H3/b16-13-. The quantitative estimate of drug-likeness (QED) is 0.463. The van der Waals surface area contributed by atoms with Crippen molar-refractivity contribution < 1.29 is 14.3 Å². The molecule has 0 aliphatic carbocycles. The lowest BCUT2D eigenvalue weighted by Crippen LogP contribution is -2.36. The van der Waals surface area contributed by atoms with Crippen LogP contribution in [0.15, 0.2) is 60.3 Å². The molecule has 0 aliphatic heterocycles. The Bertz CT molecular complexity index is 898. The molecular formula is C20H20N4O3. The number of hydrogen-bond donors (Lipinski definition) is 2. The van der Waals surface area contributed by atoms with Crippen molar-refractivity contribution in [3.8, 4) is 11.8 Å². The number of amides is 2. The minimum absolute atomic E-state index is 0.190. The molecular weight excluding hydrogens is 344 g/mol. The summed E-state index contributed by atoms with van der Waals surface area (Å²) in [6, 6.07) is 15.5. The lowest BCUT2D eigenvalue weighted by molar-refractivity contribution is -0.123. The SMILES string of the molecule is COc1cccc(CN/C=C(/C#N)C(=O)N(C(C)=O)c2ccc(N)cc2)c1. The molecule has 0 radical (unpaired) electrons. The van der Waals surface area contributed by atoms with Gasteiger partial charge in [0.2, 0.25) is 5.91 Å². The fourth-order valence-electron chi connectivity index (χ4n) is 2.38. The molecule has 7 nitrogen and oxygen atoms in total. The number of hydrogen-bond acceptors (Lipinski definition) is 6. The summed E-state index contributed by atoms with van der Waals surface area (Å²) >= 11 is 0. The maximum atomic E-state index is 12.7. The Kier molecular flexibility index (Phi) is 6.55. The van der Waals surface area contributed by atoms with Crippen LogP contribution in [0, 0.1) is 11.3 Å². The van der Waals surface area contributed by atoms with Crippen LogP contribution in [0.25, 0.3) is 0 Å². The third-order valence-corrected chi connectivity index (χ3v) is 3.71. The number of rotatable bonds is 6. The summed E-state index contributed by atoms with van der Waals surface area (Å²) in [4.78, 5) is 25.6. The van der Waals surface area contributed by atoms with Crippen molar-refractivity contribution in [3.63, 3.8) is 0 Å². The Morgan fingerprint density at radius 3 is 2.56 bits per heavy atom. The lowest BCUT2D eigenvalue weighted by atomic mass is 10.2. The second kappa shape index (κ2) is 9.06. The topological polar surface area (TPSA) is 108 Å². The first-order chi connectivity index (χ1) is 13.0. The molecule has 3 N–H and O–H groups in total. The van der Waals surface area contributed by atoms with Crippen molar-refractivity contribution in [2.75, 3.05) is 17.7 Å². The number of carbonyl (C=O) groups is 2. The van der Waals surface area contributed by atoms with E-state index in [1.54, 1.807) is 31.4 Å². The van der Waals surface area contributed by atoms with Gasteiger partial charge in [-0.3, -0.25) is 9.59 Å². The van der Waals surface area contributed by atoms with Crippen LogP contribution in [0.1, 0.15) is 12.5 Å². The molecule has 2 aromatic rings. The molecule has 0 heterocycles. The molecule has 2 amide bonds. The maximum Gasteiger partial charge on any atom is 0.277 e. The highest BCUT2D eigenvalue weighted by Gasteiger charge is 2.23. The normalized spacial score (nSPS) is 10.6. The van der Waals surface area contributed by atoms with Gasteiger partial charge < -0.3 is 15.8 Å². The van der Waals surface area contributed by atoms with E-state index in [2.05, 4.69) is 5.32 Å². The van der Waals surface area contributed by atoms with E-state index in [0.29, 0.717) is 23.7 Å². The molecule has 0 saturated carbocycles. The van der Waals surface area contributed by atoms with E-state index in [-0.39, 0.29) is 5.57 Å². The van der Waals surface area contributed by atoms with Crippen LogP contribution in [-0.4, -0.2) is 18.9 Å². The van der Waals surface area contributed by atoms with E-state index in [4.69, 9.17) is 10.5 Å². The summed E-state index contributed by atoms with van der Waals surface area (Å²) in [7, 11) is 1.58. The summed E-state index contributed by atoms with van der Waals surface area (Å²) in [5, 5.41) is 12.3. The predicted molar refractivity (Wildman–Crippen MR) is 103 cm³/mol. The Labute approximate surface area is 157 Å². The molecule has 138 valence electrons. The third kappa shape index (κ3) is 5.09. The van der Waals surface area contributed by atoms with Crippen molar-refractivity contribution in [1.82, 2.24) is 5.32 Å². The van der Waals surface area contributed by atoms with Gasteiger partial charge in [-0.1, -0.05) is 12.1 Å². The number of imide groups is 1. The number of ether oxygens (including phenoxy) is 1. The predicted octanol–water partition coefficient (Wildman–Crippen LogP) is 2.35. The average molecular weight is 364 g/mol. The second-order valence-corrected chi connectivity index (χ2v) is 5.65. The van der Waals surface area contributed by atoms with Gasteiger partial charge in [0, 0.05) is 25.4 Å². The number of nitrogens with two attached hydrogens (primary N) is 1. The van der Waals surface area contributed by atoms with Crippen LogP contribution in [0.2, 0.25) is 0 Å². The van der Waals surface area contributed by atoms with E-state index in [0.717, 1.165) is 10.5 Å². The molecule has 0 bridgehead atoms. The van der Waals surface area contributed by atoms with Crippen LogP contribution in [-0.2, 0) is 16.1 Å². The van der Waals surface area contributed by atoms with Gasteiger partial charge in [-0.25, -0.2) is 4.90 Å². The highest BCUT2D eigenvalue weighted by molar-refractivity contribution is 6.21. The maximum absolute atomic E-state index is 12.7. The Morgan fingerprint density at radius 2 is 1.96 bits per heavy atom. The number of anilines is 2. The number of nitrogens with zero attached hydrogens (tertiary/aromatic N) is 2. The van der Waals surface area contributed by atoms with Crippen molar-refractivity contribution >= 4 is 23.2 Å². The highest BCUT2D eigenvalue weighted by atomic mass is 16.5. The number of nitrogen functional groups attached to an aromatic ring is 1. The molecule has 27 heavy (non-hydrogen) atoms. The molecule has 2 rings (SSSR count).